The molecule has 0 radical (unpaired) electrons. The van der Waals surface area contributed by atoms with Gasteiger partial charge in [-0.1, -0.05) is 51.2 Å². The minimum atomic E-state index is -0.862. The van der Waals surface area contributed by atoms with Crippen LogP contribution >= 0.6 is 0 Å². The van der Waals surface area contributed by atoms with Gasteiger partial charge in [0.05, 0.1) is 5.56 Å². The second-order valence-electron chi connectivity index (χ2n) is 6.66. The highest BCUT2D eigenvalue weighted by Crippen LogP contribution is 2.31. The molecule has 2 N–H and O–H groups in total. The van der Waals surface area contributed by atoms with Crippen molar-refractivity contribution in [1.29, 1.82) is 0 Å². The van der Waals surface area contributed by atoms with Crippen molar-refractivity contribution in [3.05, 3.63) is 35.4 Å². The first kappa shape index (κ1) is 17.0. The monoisotopic (exact) mass is 303 g/mol. The number of carboxylic acid groups (broad SMARTS) is 1. The first-order chi connectivity index (χ1) is 10.7. The third kappa shape index (κ3) is 5.45. The Morgan fingerprint density at radius 1 is 1.14 bits per heavy atom. The molecule has 3 nitrogen and oxygen atoms in total. The Morgan fingerprint density at radius 3 is 2.36 bits per heavy atom. The molecule has 0 saturated heterocycles. The lowest BCUT2D eigenvalue weighted by Gasteiger charge is -2.28. The van der Waals surface area contributed by atoms with Crippen LogP contribution in [0.2, 0.25) is 0 Å². The van der Waals surface area contributed by atoms with Crippen LogP contribution in [0, 0.1) is 11.8 Å². The van der Waals surface area contributed by atoms with Gasteiger partial charge in [-0.05, 0) is 48.9 Å². The van der Waals surface area contributed by atoms with Gasteiger partial charge in [-0.2, -0.15) is 0 Å². The summed E-state index contributed by atoms with van der Waals surface area (Å²) in [5.41, 5.74) is 1.51. The van der Waals surface area contributed by atoms with Gasteiger partial charge in [-0.25, -0.2) is 4.79 Å². The summed E-state index contributed by atoms with van der Waals surface area (Å²) in [6.07, 6.45) is 9.66. The van der Waals surface area contributed by atoms with Crippen LogP contribution in [0.1, 0.15) is 67.8 Å². The van der Waals surface area contributed by atoms with Crippen LogP contribution in [0.15, 0.2) is 24.3 Å². The Labute approximate surface area is 134 Å². The average molecular weight is 303 g/mol. The molecule has 122 valence electrons. The highest BCUT2D eigenvalue weighted by Gasteiger charge is 2.20. The van der Waals surface area contributed by atoms with E-state index in [1.54, 1.807) is 12.1 Å². The molecule has 0 aromatic heterocycles. The van der Waals surface area contributed by atoms with Crippen molar-refractivity contribution >= 4 is 5.97 Å². The Balaban J connectivity index is 1.64. The van der Waals surface area contributed by atoms with Gasteiger partial charge in [-0.15, -0.1) is 0 Å². The predicted octanol–water partition coefficient (Wildman–Crippen LogP) is 4.47. The summed E-state index contributed by atoms with van der Waals surface area (Å²) >= 11 is 0. The number of carboxylic acids is 1. The van der Waals surface area contributed by atoms with E-state index in [0.29, 0.717) is 5.56 Å². The lowest BCUT2D eigenvalue weighted by molar-refractivity contribution is 0.0697. The van der Waals surface area contributed by atoms with Crippen molar-refractivity contribution in [3.63, 3.8) is 0 Å². The molecule has 0 atom stereocenters. The molecule has 1 aromatic carbocycles. The normalized spacial score (nSPS) is 21.7. The minimum absolute atomic E-state index is 0.356. The summed E-state index contributed by atoms with van der Waals surface area (Å²) in [5, 5.41) is 12.4. The third-order valence-corrected chi connectivity index (χ3v) is 4.90. The lowest BCUT2D eigenvalue weighted by atomic mass is 9.80. The molecule has 1 saturated carbocycles. The van der Waals surface area contributed by atoms with Gasteiger partial charge in [0.1, 0.15) is 0 Å². The van der Waals surface area contributed by atoms with Gasteiger partial charge < -0.3 is 10.4 Å². The van der Waals surface area contributed by atoms with Crippen molar-refractivity contribution in [2.45, 2.75) is 58.4 Å². The molecule has 0 aliphatic heterocycles. The molecule has 22 heavy (non-hydrogen) atoms. The number of hydrogen-bond acceptors (Lipinski definition) is 2. The smallest absolute Gasteiger partial charge is 0.335 e. The molecule has 1 fully saturated rings. The second kappa shape index (κ2) is 8.94. The summed E-state index contributed by atoms with van der Waals surface area (Å²) in [4.78, 5) is 10.8. The predicted molar refractivity (Wildman–Crippen MR) is 90.1 cm³/mol. The number of nitrogens with one attached hydrogen (secondary N) is 1. The minimum Gasteiger partial charge on any atom is -0.478 e. The van der Waals surface area contributed by atoms with Crippen LogP contribution in [0.5, 0.6) is 0 Å². The standard InChI is InChI=1S/C19H29NO2/c1-2-3-4-15-5-7-16(8-6-15)13-20-14-17-9-11-18(12-10-17)19(21)22/h9-12,15-16,20H,2-8,13-14H2,1H3,(H,21,22). The van der Waals surface area contributed by atoms with E-state index in [1.165, 1.54) is 44.9 Å². The van der Waals surface area contributed by atoms with E-state index in [2.05, 4.69) is 12.2 Å². The van der Waals surface area contributed by atoms with E-state index in [1.807, 2.05) is 12.1 Å². The largest absolute Gasteiger partial charge is 0.478 e. The molecule has 3 heteroatoms. The molecular formula is C19H29NO2. The van der Waals surface area contributed by atoms with Crippen molar-refractivity contribution in [2.75, 3.05) is 6.54 Å². The SMILES string of the molecule is CCCCC1CCC(CNCc2ccc(C(=O)O)cc2)CC1. The van der Waals surface area contributed by atoms with Gasteiger partial charge in [0.15, 0.2) is 0 Å². The molecule has 1 aliphatic carbocycles. The van der Waals surface area contributed by atoms with Crippen LogP contribution < -0.4 is 5.32 Å². The Kier molecular flexibility index (Phi) is 6.91. The maximum Gasteiger partial charge on any atom is 0.335 e. The number of benzene rings is 1. The fourth-order valence-electron chi connectivity index (χ4n) is 3.40. The van der Waals surface area contributed by atoms with E-state index in [-0.39, 0.29) is 0 Å². The van der Waals surface area contributed by atoms with E-state index in [9.17, 15) is 4.79 Å². The molecular weight excluding hydrogens is 274 g/mol. The van der Waals surface area contributed by atoms with Crippen LogP contribution in [-0.2, 0) is 6.54 Å². The summed E-state index contributed by atoms with van der Waals surface area (Å²) in [5.74, 6) is 0.926. The number of carbonyl (C=O) groups is 1. The highest BCUT2D eigenvalue weighted by molar-refractivity contribution is 5.87. The van der Waals surface area contributed by atoms with Gasteiger partial charge >= 0.3 is 5.97 Å². The van der Waals surface area contributed by atoms with Crippen molar-refractivity contribution in [2.24, 2.45) is 11.8 Å². The number of aromatic carboxylic acids is 1. The van der Waals surface area contributed by atoms with Gasteiger partial charge in [0, 0.05) is 6.54 Å². The Morgan fingerprint density at radius 2 is 1.77 bits per heavy atom. The molecule has 2 rings (SSSR count). The summed E-state index contributed by atoms with van der Waals surface area (Å²) in [6.45, 7) is 4.19. The average Bonchev–Trinajstić information content (AvgIpc) is 2.54. The summed E-state index contributed by atoms with van der Waals surface area (Å²) in [7, 11) is 0. The van der Waals surface area contributed by atoms with Crippen LogP contribution in [0.4, 0.5) is 0 Å². The molecule has 0 bridgehead atoms. The lowest BCUT2D eigenvalue weighted by Crippen LogP contribution is -2.26. The zero-order valence-corrected chi connectivity index (χ0v) is 13.7. The molecule has 0 unspecified atom stereocenters. The zero-order chi connectivity index (χ0) is 15.8. The van der Waals surface area contributed by atoms with Gasteiger partial charge in [-0.3, -0.25) is 0 Å². The molecule has 0 amide bonds. The van der Waals surface area contributed by atoms with E-state index >= 15 is 0 Å². The first-order valence-corrected chi connectivity index (χ1v) is 8.72. The maximum absolute atomic E-state index is 10.8. The highest BCUT2D eigenvalue weighted by atomic mass is 16.4. The van der Waals surface area contributed by atoms with E-state index in [0.717, 1.165) is 30.5 Å². The van der Waals surface area contributed by atoms with Gasteiger partial charge in [0.25, 0.3) is 0 Å². The van der Waals surface area contributed by atoms with Crippen LogP contribution in [0.25, 0.3) is 0 Å². The number of rotatable bonds is 8. The zero-order valence-electron chi connectivity index (χ0n) is 13.7. The topological polar surface area (TPSA) is 49.3 Å². The first-order valence-electron chi connectivity index (χ1n) is 8.72. The van der Waals surface area contributed by atoms with E-state index < -0.39 is 5.97 Å². The fourth-order valence-corrected chi connectivity index (χ4v) is 3.40. The molecule has 1 aliphatic rings. The number of unbranched alkanes of at least 4 members (excludes halogenated alkanes) is 1. The second-order valence-corrected chi connectivity index (χ2v) is 6.66. The number of hydrogen-bond donors (Lipinski definition) is 2. The molecule has 1 aromatic rings. The molecule has 0 heterocycles. The van der Waals surface area contributed by atoms with E-state index in [4.69, 9.17) is 5.11 Å². The Bertz CT molecular complexity index is 447. The van der Waals surface area contributed by atoms with Crippen molar-refractivity contribution in [1.82, 2.24) is 5.32 Å². The van der Waals surface area contributed by atoms with Crippen LogP contribution in [0.3, 0.4) is 0 Å². The van der Waals surface area contributed by atoms with Crippen LogP contribution in [-0.4, -0.2) is 17.6 Å². The maximum atomic E-state index is 10.8. The van der Waals surface area contributed by atoms with Crippen molar-refractivity contribution < 1.29 is 9.90 Å². The van der Waals surface area contributed by atoms with Crippen molar-refractivity contribution in [3.8, 4) is 0 Å². The summed E-state index contributed by atoms with van der Waals surface area (Å²) < 4.78 is 0. The van der Waals surface area contributed by atoms with Gasteiger partial charge in [0.2, 0.25) is 0 Å². The third-order valence-electron chi connectivity index (χ3n) is 4.90. The summed E-state index contributed by atoms with van der Waals surface area (Å²) in [6, 6.07) is 7.16. The Hall–Kier alpha value is -1.35. The fraction of sp³-hybridized carbons (Fsp3) is 0.632. The molecule has 0 spiro atoms. The quantitative estimate of drug-likeness (QED) is 0.745.